The highest BCUT2D eigenvalue weighted by Gasteiger charge is 2.45. The monoisotopic (exact) mass is 463 g/mol. The first kappa shape index (κ1) is 22.2. The van der Waals surface area contributed by atoms with Crippen molar-refractivity contribution in [3.63, 3.8) is 0 Å². The molecule has 4 rings (SSSR count). The van der Waals surface area contributed by atoms with Crippen LogP contribution in [0.25, 0.3) is 0 Å². The third-order valence-electron chi connectivity index (χ3n) is 5.19. The van der Waals surface area contributed by atoms with Crippen LogP contribution in [-0.4, -0.2) is 47.2 Å². The lowest BCUT2D eigenvalue weighted by molar-refractivity contribution is -0.144. The maximum atomic E-state index is 13.3. The van der Waals surface area contributed by atoms with Crippen molar-refractivity contribution >= 4 is 40.8 Å². The van der Waals surface area contributed by atoms with E-state index in [1.165, 1.54) is 16.2 Å². The molecule has 0 radical (unpaired) electrons. The third-order valence-corrected chi connectivity index (χ3v) is 6.05. The molecule has 0 saturated carbocycles. The number of carbonyl (C=O) groups is 4. The molecule has 9 heteroatoms. The highest BCUT2D eigenvalue weighted by atomic mass is 32.1. The molecule has 168 valence electrons. The second-order valence-corrected chi connectivity index (χ2v) is 8.34. The number of imide groups is 2. The van der Waals surface area contributed by atoms with E-state index < -0.39 is 30.3 Å². The van der Waals surface area contributed by atoms with Crippen molar-refractivity contribution in [2.45, 2.75) is 13.1 Å². The van der Waals surface area contributed by atoms with Crippen molar-refractivity contribution in [2.24, 2.45) is 0 Å². The summed E-state index contributed by atoms with van der Waals surface area (Å²) in [5, 5.41) is 1.90. The number of hydrogen-bond acceptors (Lipinski definition) is 6. The summed E-state index contributed by atoms with van der Waals surface area (Å²) in [6, 6.07) is 18.8. The average molecular weight is 464 g/mol. The smallest absolute Gasteiger partial charge is 0.335 e. The lowest BCUT2D eigenvalue weighted by Crippen LogP contribution is -2.43. The number of thiophene rings is 1. The van der Waals surface area contributed by atoms with Gasteiger partial charge in [0, 0.05) is 10.6 Å². The van der Waals surface area contributed by atoms with Gasteiger partial charge in [-0.1, -0.05) is 36.4 Å². The fourth-order valence-electron chi connectivity index (χ4n) is 3.46. The molecule has 0 bridgehead atoms. The van der Waals surface area contributed by atoms with Crippen LogP contribution in [0, 0.1) is 0 Å². The second kappa shape index (κ2) is 9.66. The van der Waals surface area contributed by atoms with Crippen molar-refractivity contribution in [1.82, 2.24) is 9.80 Å². The Bertz CT molecular complexity index is 1160. The SMILES string of the molecule is COc1ccc(N(Cc2cccs2)C(=O)CN2C(=O)C(=O)N(Cc3ccccc3)C2=O)cc1. The molecule has 0 spiro atoms. The van der Waals surface area contributed by atoms with Gasteiger partial charge in [-0.25, -0.2) is 9.69 Å². The first-order valence-electron chi connectivity index (χ1n) is 10.2. The predicted molar refractivity (Wildman–Crippen MR) is 123 cm³/mol. The molecule has 0 aliphatic carbocycles. The van der Waals surface area contributed by atoms with Crippen LogP contribution in [0.3, 0.4) is 0 Å². The summed E-state index contributed by atoms with van der Waals surface area (Å²) in [6.45, 7) is -0.306. The normalized spacial score (nSPS) is 13.5. The summed E-state index contributed by atoms with van der Waals surface area (Å²) >= 11 is 1.49. The summed E-state index contributed by atoms with van der Waals surface area (Å²) in [7, 11) is 1.55. The van der Waals surface area contributed by atoms with Gasteiger partial charge in [0.25, 0.3) is 0 Å². The van der Waals surface area contributed by atoms with Gasteiger partial charge in [0.05, 0.1) is 20.2 Å². The fraction of sp³-hybridized carbons (Fsp3) is 0.167. The molecule has 1 saturated heterocycles. The molecule has 2 aromatic carbocycles. The molecule has 1 aromatic heterocycles. The Labute approximate surface area is 194 Å². The number of carbonyl (C=O) groups excluding carboxylic acids is 4. The van der Waals surface area contributed by atoms with E-state index in [2.05, 4.69) is 0 Å². The number of nitrogens with zero attached hydrogens (tertiary/aromatic N) is 3. The van der Waals surface area contributed by atoms with E-state index >= 15 is 0 Å². The summed E-state index contributed by atoms with van der Waals surface area (Å²) in [5.74, 6) is -1.79. The molecule has 8 nitrogen and oxygen atoms in total. The lowest BCUT2D eigenvalue weighted by Gasteiger charge is -2.24. The number of benzene rings is 2. The number of amides is 5. The van der Waals surface area contributed by atoms with Crippen molar-refractivity contribution in [1.29, 1.82) is 0 Å². The lowest BCUT2D eigenvalue weighted by atomic mass is 10.2. The Balaban J connectivity index is 1.54. The molecule has 3 aromatic rings. The Morgan fingerprint density at radius 2 is 1.61 bits per heavy atom. The van der Waals surface area contributed by atoms with Gasteiger partial charge in [-0.15, -0.1) is 11.3 Å². The highest BCUT2D eigenvalue weighted by molar-refractivity contribution is 7.09. The Morgan fingerprint density at radius 3 is 2.24 bits per heavy atom. The maximum Gasteiger partial charge on any atom is 0.335 e. The van der Waals surface area contributed by atoms with Crippen molar-refractivity contribution < 1.29 is 23.9 Å². The summed E-state index contributed by atoms with van der Waals surface area (Å²) in [4.78, 5) is 55.1. The molecular weight excluding hydrogens is 442 g/mol. The molecule has 2 heterocycles. The van der Waals surface area contributed by atoms with E-state index in [4.69, 9.17) is 4.74 Å². The number of methoxy groups -OCH3 is 1. The number of hydrogen-bond donors (Lipinski definition) is 0. The van der Waals surface area contributed by atoms with Gasteiger partial charge in [0.15, 0.2) is 0 Å². The van der Waals surface area contributed by atoms with E-state index in [1.807, 2.05) is 23.6 Å². The van der Waals surface area contributed by atoms with Crippen molar-refractivity contribution in [2.75, 3.05) is 18.6 Å². The molecule has 0 atom stereocenters. The van der Waals surface area contributed by atoms with Crippen LogP contribution in [0.5, 0.6) is 5.75 Å². The number of rotatable bonds is 8. The van der Waals surface area contributed by atoms with Crippen LogP contribution in [0.15, 0.2) is 72.1 Å². The van der Waals surface area contributed by atoms with Crippen LogP contribution >= 0.6 is 11.3 Å². The maximum absolute atomic E-state index is 13.3. The van der Waals surface area contributed by atoms with Crippen LogP contribution in [0.1, 0.15) is 10.4 Å². The fourth-order valence-corrected chi connectivity index (χ4v) is 4.15. The van der Waals surface area contributed by atoms with Gasteiger partial charge < -0.3 is 9.64 Å². The van der Waals surface area contributed by atoms with Crippen LogP contribution in [0.2, 0.25) is 0 Å². The molecule has 0 N–H and O–H groups in total. The van der Waals surface area contributed by atoms with Gasteiger partial charge in [0.1, 0.15) is 12.3 Å². The Morgan fingerprint density at radius 1 is 0.909 bits per heavy atom. The zero-order valence-corrected chi connectivity index (χ0v) is 18.7. The highest BCUT2D eigenvalue weighted by Crippen LogP contribution is 2.24. The van der Waals surface area contributed by atoms with Gasteiger partial charge in [-0.3, -0.25) is 19.3 Å². The Kier molecular flexibility index (Phi) is 6.50. The zero-order chi connectivity index (χ0) is 23.4. The van der Waals surface area contributed by atoms with Crippen LogP contribution in [0.4, 0.5) is 10.5 Å². The molecule has 0 unspecified atom stereocenters. The van der Waals surface area contributed by atoms with Crippen molar-refractivity contribution in [3.8, 4) is 5.75 Å². The standard InChI is InChI=1S/C24H21N3O5S/c1-32-19-11-9-18(10-12-19)25(15-20-8-5-13-33-20)21(28)16-27-23(30)22(29)26(24(27)31)14-17-6-3-2-4-7-17/h2-13H,14-16H2,1H3. The summed E-state index contributed by atoms with van der Waals surface area (Å²) in [5.41, 5.74) is 1.29. The van der Waals surface area contributed by atoms with Gasteiger partial charge in [-0.2, -0.15) is 0 Å². The molecule has 33 heavy (non-hydrogen) atoms. The quantitative estimate of drug-likeness (QED) is 0.378. The minimum atomic E-state index is -1.00. The van der Waals surface area contributed by atoms with Crippen LogP contribution < -0.4 is 9.64 Å². The van der Waals surface area contributed by atoms with Gasteiger partial charge in [0.2, 0.25) is 5.91 Å². The van der Waals surface area contributed by atoms with Gasteiger partial charge in [-0.05, 0) is 41.3 Å². The van der Waals surface area contributed by atoms with E-state index in [-0.39, 0.29) is 13.1 Å². The molecule has 1 fully saturated rings. The average Bonchev–Trinajstić information content (AvgIpc) is 3.43. The van der Waals surface area contributed by atoms with E-state index in [0.717, 1.165) is 9.78 Å². The molecular formula is C24H21N3O5S. The largest absolute Gasteiger partial charge is 0.497 e. The zero-order valence-electron chi connectivity index (χ0n) is 17.8. The first-order chi connectivity index (χ1) is 16.0. The Hall–Kier alpha value is -3.98. The first-order valence-corrected chi connectivity index (χ1v) is 11.0. The summed E-state index contributed by atoms with van der Waals surface area (Å²) < 4.78 is 5.18. The van der Waals surface area contributed by atoms with Gasteiger partial charge >= 0.3 is 17.8 Å². The number of anilines is 1. The molecule has 5 amide bonds. The van der Waals surface area contributed by atoms with E-state index in [9.17, 15) is 19.2 Å². The number of ether oxygens (including phenoxy) is 1. The topological polar surface area (TPSA) is 87.2 Å². The second-order valence-electron chi connectivity index (χ2n) is 7.31. The minimum Gasteiger partial charge on any atom is -0.497 e. The predicted octanol–water partition coefficient (Wildman–Crippen LogP) is 3.28. The minimum absolute atomic E-state index is 0.0354. The van der Waals surface area contributed by atoms with E-state index in [1.54, 1.807) is 55.6 Å². The number of urea groups is 1. The van der Waals surface area contributed by atoms with E-state index in [0.29, 0.717) is 21.9 Å². The van der Waals surface area contributed by atoms with Crippen LogP contribution in [-0.2, 0) is 27.5 Å². The summed E-state index contributed by atoms with van der Waals surface area (Å²) in [6.07, 6.45) is 0. The molecule has 1 aliphatic heterocycles. The third kappa shape index (κ3) is 4.78. The molecule has 1 aliphatic rings. The van der Waals surface area contributed by atoms with Crippen molar-refractivity contribution in [3.05, 3.63) is 82.6 Å².